The third kappa shape index (κ3) is 3.62. The lowest BCUT2D eigenvalue weighted by Crippen LogP contribution is -2.42. The predicted octanol–water partition coefficient (Wildman–Crippen LogP) is 1.67. The fourth-order valence-electron chi connectivity index (χ4n) is 4.37. The maximum Gasteiger partial charge on any atom is 0.327 e. The molecule has 2 amide bonds. The molecule has 1 fully saturated rings. The van der Waals surface area contributed by atoms with Crippen molar-refractivity contribution in [3.63, 3.8) is 0 Å². The average Bonchev–Trinajstić information content (AvgIpc) is 3.50. The number of benzene rings is 1. The first-order valence-electron chi connectivity index (χ1n) is 11.0. The third-order valence-electron chi connectivity index (χ3n) is 6.10. The molecule has 0 radical (unpaired) electrons. The molecule has 0 spiro atoms. The fourth-order valence-corrected chi connectivity index (χ4v) is 4.37. The first kappa shape index (κ1) is 21.1. The average molecular weight is 444 g/mol. The van der Waals surface area contributed by atoms with Crippen LogP contribution < -0.4 is 9.67 Å². The number of imide groups is 1. The van der Waals surface area contributed by atoms with Gasteiger partial charge in [-0.2, -0.15) is 9.67 Å². The SMILES string of the molecule is Cc1cc[n+](C2=C(c3c(-c4ccccc4)nn(C)c3[O-])C(=O)N(CC3CCCO3)C2=O)cc1. The van der Waals surface area contributed by atoms with Crippen molar-refractivity contribution in [2.24, 2.45) is 7.05 Å². The van der Waals surface area contributed by atoms with Gasteiger partial charge in [-0.25, -0.2) is 0 Å². The maximum absolute atomic E-state index is 13.7. The van der Waals surface area contributed by atoms with Gasteiger partial charge in [0.15, 0.2) is 12.4 Å². The van der Waals surface area contributed by atoms with Crippen LogP contribution in [-0.2, 0) is 21.4 Å². The molecular formula is C25H24N4O4. The van der Waals surface area contributed by atoms with Crippen molar-refractivity contribution >= 4 is 23.1 Å². The second-order valence-corrected chi connectivity index (χ2v) is 8.38. The summed E-state index contributed by atoms with van der Waals surface area (Å²) in [6.45, 7) is 2.72. The standard InChI is InChI=1S/C25H24N4O4/c1-16-10-12-28(13-11-16)22-20(24(31)29(25(22)32)15-18-9-6-14-33-18)19-21(26-27(2)23(19)30)17-7-4-3-5-8-17/h3-5,7-8,10-13,18H,6,9,14-15H2,1-2H3. The Morgan fingerprint density at radius 1 is 1.12 bits per heavy atom. The summed E-state index contributed by atoms with van der Waals surface area (Å²) >= 11 is 0. The van der Waals surface area contributed by atoms with Crippen molar-refractivity contribution in [2.45, 2.75) is 25.9 Å². The van der Waals surface area contributed by atoms with Gasteiger partial charge in [0.25, 0.3) is 11.6 Å². The van der Waals surface area contributed by atoms with Gasteiger partial charge in [-0.15, -0.1) is 0 Å². The molecule has 8 heteroatoms. The number of rotatable bonds is 5. The van der Waals surface area contributed by atoms with Crippen LogP contribution in [0.4, 0.5) is 0 Å². The van der Waals surface area contributed by atoms with Crippen LogP contribution in [0, 0.1) is 6.92 Å². The number of ether oxygens (including phenoxy) is 1. The van der Waals surface area contributed by atoms with Crippen LogP contribution in [0.5, 0.6) is 5.88 Å². The van der Waals surface area contributed by atoms with Gasteiger partial charge in [0.1, 0.15) is 5.57 Å². The molecule has 1 atom stereocenters. The zero-order valence-corrected chi connectivity index (χ0v) is 18.5. The number of hydrogen-bond donors (Lipinski definition) is 0. The molecule has 2 aromatic heterocycles. The van der Waals surface area contributed by atoms with E-state index in [1.54, 1.807) is 24.0 Å². The lowest BCUT2D eigenvalue weighted by molar-refractivity contribution is -0.577. The Bertz CT molecular complexity index is 1260. The van der Waals surface area contributed by atoms with Gasteiger partial charge in [-0.1, -0.05) is 30.3 Å². The number of nitrogens with zero attached hydrogens (tertiary/aromatic N) is 4. The van der Waals surface area contributed by atoms with E-state index in [1.807, 2.05) is 49.4 Å². The second kappa shape index (κ2) is 8.29. The van der Waals surface area contributed by atoms with Crippen molar-refractivity contribution in [1.29, 1.82) is 0 Å². The van der Waals surface area contributed by atoms with Gasteiger partial charge in [0, 0.05) is 36.9 Å². The molecule has 8 nitrogen and oxygen atoms in total. The zero-order chi connectivity index (χ0) is 23.1. The van der Waals surface area contributed by atoms with Gasteiger partial charge in [0.05, 0.1) is 18.3 Å². The van der Waals surface area contributed by atoms with E-state index in [2.05, 4.69) is 5.10 Å². The normalized spacial score (nSPS) is 18.6. The first-order chi connectivity index (χ1) is 16.0. The van der Waals surface area contributed by atoms with Gasteiger partial charge in [0.2, 0.25) is 0 Å². The summed E-state index contributed by atoms with van der Waals surface area (Å²) in [6.07, 6.45) is 4.94. The molecule has 1 unspecified atom stereocenters. The number of aryl methyl sites for hydroxylation is 2. The molecule has 0 aliphatic carbocycles. The maximum atomic E-state index is 13.7. The number of amides is 2. The minimum absolute atomic E-state index is 0.0730. The Morgan fingerprint density at radius 2 is 1.85 bits per heavy atom. The summed E-state index contributed by atoms with van der Waals surface area (Å²) in [5.41, 5.74) is 2.45. The number of carbonyl (C=O) groups excluding carboxylic acids is 2. The molecule has 0 N–H and O–H groups in total. The molecule has 5 rings (SSSR count). The van der Waals surface area contributed by atoms with Gasteiger partial charge in [-0.05, 0) is 31.2 Å². The summed E-state index contributed by atoms with van der Waals surface area (Å²) < 4.78 is 8.50. The van der Waals surface area contributed by atoms with Gasteiger partial charge < -0.3 is 9.84 Å². The summed E-state index contributed by atoms with van der Waals surface area (Å²) in [6, 6.07) is 12.9. The highest BCUT2D eigenvalue weighted by Gasteiger charge is 2.47. The van der Waals surface area contributed by atoms with E-state index in [0.29, 0.717) is 17.9 Å². The van der Waals surface area contributed by atoms with Crippen molar-refractivity contribution in [3.05, 3.63) is 66.0 Å². The smallest absolute Gasteiger partial charge is 0.327 e. The van der Waals surface area contributed by atoms with Crippen molar-refractivity contribution < 1.29 is 24.0 Å². The van der Waals surface area contributed by atoms with E-state index in [0.717, 1.165) is 18.4 Å². The molecule has 0 saturated carbocycles. The fraction of sp³-hybridized carbons (Fsp3) is 0.280. The lowest BCUT2D eigenvalue weighted by Gasteiger charge is -2.18. The van der Waals surface area contributed by atoms with Crippen LogP contribution in [-0.4, -0.2) is 45.8 Å². The minimum atomic E-state index is -0.499. The number of aromatic nitrogens is 3. The summed E-state index contributed by atoms with van der Waals surface area (Å²) in [4.78, 5) is 28.5. The lowest BCUT2D eigenvalue weighted by atomic mass is 10.00. The first-order valence-corrected chi connectivity index (χ1v) is 11.0. The predicted molar refractivity (Wildman–Crippen MR) is 118 cm³/mol. The molecule has 2 aliphatic rings. The molecule has 4 heterocycles. The van der Waals surface area contributed by atoms with Crippen LogP contribution in [0.3, 0.4) is 0 Å². The van der Waals surface area contributed by atoms with E-state index >= 15 is 0 Å². The second-order valence-electron chi connectivity index (χ2n) is 8.38. The van der Waals surface area contributed by atoms with E-state index in [9.17, 15) is 14.7 Å². The molecule has 1 saturated heterocycles. The number of pyridine rings is 1. The Hall–Kier alpha value is -3.78. The topological polar surface area (TPSA) is 91.4 Å². The zero-order valence-electron chi connectivity index (χ0n) is 18.5. The molecule has 0 bridgehead atoms. The molecule has 33 heavy (non-hydrogen) atoms. The van der Waals surface area contributed by atoms with E-state index in [4.69, 9.17) is 4.74 Å². The van der Waals surface area contributed by atoms with E-state index in [1.165, 1.54) is 9.58 Å². The monoisotopic (exact) mass is 444 g/mol. The highest BCUT2D eigenvalue weighted by Crippen LogP contribution is 2.39. The Kier molecular flexibility index (Phi) is 5.30. The molecule has 2 aliphatic heterocycles. The summed E-state index contributed by atoms with van der Waals surface area (Å²) in [5, 5.41) is 17.6. The molecule has 3 aromatic rings. The van der Waals surface area contributed by atoms with Crippen molar-refractivity contribution in [1.82, 2.24) is 14.7 Å². The van der Waals surface area contributed by atoms with Crippen molar-refractivity contribution in [3.8, 4) is 17.1 Å². The number of hydrogen-bond acceptors (Lipinski definition) is 5. The molecule has 168 valence electrons. The highest BCUT2D eigenvalue weighted by atomic mass is 16.5. The van der Waals surface area contributed by atoms with Crippen molar-refractivity contribution in [2.75, 3.05) is 13.2 Å². The van der Waals surface area contributed by atoms with Gasteiger partial charge in [-0.3, -0.25) is 19.2 Å². The Balaban J connectivity index is 1.71. The van der Waals surface area contributed by atoms with E-state index in [-0.39, 0.29) is 29.5 Å². The number of carbonyl (C=O) groups is 2. The van der Waals surface area contributed by atoms with Crippen LogP contribution in [0.1, 0.15) is 24.0 Å². The summed E-state index contributed by atoms with van der Waals surface area (Å²) in [7, 11) is 1.54. The minimum Gasteiger partial charge on any atom is -0.858 e. The van der Waals surface area contributed by atoms with Crippen LogP contribution in [0.15, 0.2) is 54.9 Å². The summed E-state index contributed by atoms with van der Waals surface area (Å²) in [5.74, 6) is -1.36. The largest absolute Gasteiger partial charge is 0.858 e. The third-order valence-corrected chi connectivity index (χ3v) is 6.10. The quantitative estimate of drug-likeness (QED) is 0.441. The highest BCUT2D eigenvalue weighted by molar-refractivity contribution is 6.45. The van der Waals surface area contributed by atoms with Gasteiger partial charge >= 0.3 is 5.91 Å². The Morgan fingerprint density at radius 3 is 2.52 bits per heavy atom. The van der Waals surface area contributed by atoms with Crippen LogP contribution in [0.25, 0.3) is 22.5 Å². The van der Waals surface area contributed by atoms with Crippen LogP contribution in [0.2, 0.25) is 0 Å². The van der Waals surface area contributed by atoms with Crippen LogP contribution >= 0.6 is 0 Å². The molecular weight excluding hydrogens is 420 g/mol. The van der Waals surface area contributed by atoms with E-state index < -0.39 is 17.7 Å². The Labute approximate surface area is 191 Å². The molecule has 1 aromatic carbocycles.